The first-order valence-electron chi connectivity index (χ1n) is 25.9. The van der Waals surface area contributed by atoms with Gasteiger partial charge in [0.2, 0.25) is 0 Å². The summed E-state index contributed by atoms with van der Waals surface area (Å²) in [6.07, 6.45) is 0. The number of hydrogen-bond donors (Lipinski definition) is 0. The third kappa shape index (κ3) is 6.56. The summed E-state index contributed by atoms with van der Waals surface area (Å²) in [4.78, 5) is 0.785. The van der Waals surface area contributed by atoms with E-state index in [0.29, 0.717) is 27.6 Å². The quantitative estimate of drug-likeness (QED) is 0.150. The fraction of sp³-hybridized carbons (Fsp3) is 0. The van der Waals surface area contributed by atoms with Crippen molar-refractivity contribution in [3.05, 3.63) is 236 Å². The number of rotatable bonds is 8. The number of hydrogen-bond acceptors (Lipinski definition) is 1. The average molecular weight is 741 g/mol. The molecule has 0 aliphatic rings. The summed E-state index contributed by atoms with van der Waals surface area (Å²) in [5.41, 5.74) is 2.91. The first kappa shape index (κ1) is 21.6. The molecule has 0 unspecified atom stereocenters. The van der Waals surface area contributed by atoms with Gasteiger partial charge >= 0.3 is 0 Å². The van der Waals surface area contributed by atoms with Crippen LogP contribution in [0.15, 0.2) is 236 Å². The van der Waals surface area contributed by atoms with Gasteiger partial charge in [0.25, 0.3) is 0 Å². The first-order valence-corrected chi connectivity index (χ1v) is 18.4. The largest absolute Gasteiger partial charge is 0.310 e. The summed E-state index contributed by atoms with van der Waals surface area (Å²) >= 11 is 0. The van der Waals surface area contributed by atoms with E-state index in [9.17, 15) is 13.7 Å². The van der Waals surface area contributed by atoms with Gasteiger partial charge in [-0.15, -0.1) is 0 Å². The smallest absolute Gasteiger partial charge is 0.0645 e. The molecule has 0 N–H and O–H groups in total. The average Bonchev–Trinajstić information content (AvgIpc) is 3.40. The number of benzene rings is 10. The second-order valence-corrected chi connectivity index (χ2v) is 13.3. The van der Waals surface area contributed by atoms with Crippen LogP contribution in [0.1, 0.15) is 20.6 Å². The highest BCUT2D eigenvalue weighted by Gasteiger charge is 2.18. The molecule has 0 fully saturated rings. The summed E-state index contributed by atoms with van der Waals surface area (Å²) in [6, 6.07) is 33.5. The highest BCUT2D eigenvalue weighted by Crippen LogP contribution is 2.43. The van der Waals surface area contributed by atoms with Crippen LogP contribution in [-0.2, 0) is 0 Å². The molecule has 10 rings (SSSR count). The van der Waals surface area contributed by atoms with Gasteiger partial charge < -0.3 is 4.90 Å². The van der Waals surface area contributed by atoms with Crippen molar-refractivity contribution in [3.8, 4) is 55.6 Å². The van der Waals surface area contributed by atoms with Crippen LogP contribution in [0.2, 0.25) is 0 Å². The van der Waals surface area contributed by atoms with Crippen LogP contribution in [0.4, 0.5) is 17.1 Å². The molecule has 10 aromatic carbocycles. The number of anilines is 3. The first-order chi connectivity index (χ1) is 34.5. The van der Waals surface area contributed by atoms with Crippen molar-refractivity contribution in [3.63, 3.8) is 0 Å². The van der Waals surface area contributed by atoms with Gasteiger partial charge in [0.05, 0.1) is 26.2 Å². The summed E-state index contributed by atoms with van der Waals surface area (Å²) in [5.74, 6) is 0. The molecular weight excluding hydrogens is 687 g/mol. The Labute approximate surface area is 355 Å². The van der Waals surface area contributed by atoms with E-state index in [4.69, 9.17) is 6.85 Å². The topological polar surface area (TPSA) is 3.24 Å². The molecule has 0 atom stereocenters. The standard InChI is InChI=1S/C56H39N/c1-4-15-41(16-5-1)50-37-32-47(39-54(50)44-19-8-3-9-20-44)40-27-33-48(34-28-40)57(55-26-14-23-42-21-10-12-24-51(42)55)49-35-29-46(30-36-49)56-52-25-13-11-22-45(52)31-38-53(56)43-17-6-2-7-18-43/h1-39H/i10D,12D,14D,21D,23D,24D,26D,27D,28D,29D,30D,33D,34D,35D,36D. The molecule has 0 aromatic heterocycles. The Bertz CT molecular complexity index is 3800. The van der Waals surface area contributed by atoms with E-state index in [1.54, 1.807) is 24.3 Å². The molecule has 0 saturated carbocycles. The fourth-order valence-corrected chi connectivity index (χ4v) is 7.23. The summed E-state index contributed by atoms with van der Waals surface area (Å²) in [6.45, 7) is 0. The minimum atomic E-state index is -0.871. The molecule has 268 valence electrons. The van der Waals surface area contributed by atoms with Crippen molar-refractivity contribution in [2.24, 2.45) is 0 Å². The van der Waals surface area contributed by atoms with Crippen molar-refractivity contribution in [2.75, 3.05) is 4.90 Å². The van der Waals surface area contributed by atoms with E-state index in [1.165, 1.54) is 0 Å². The van der Waals surface area contributed by atoms with Gasteiger partial charge in [-0.05, 0) is 108 Å². The third-order valence-corrected chi connectivity index (χ3v) is 9.93. The normalized spacial score (nSPS) is 14.8. The molecular formula is C56H39N. The lowest BCUT2D eigenvalue weighted by Gasteiger charge is -2.27. The van der Waals surface area contributed by atoms with Gasteiger partial charge in [-0.1, -0.05) is 200 Å². The van der Waals surface area contributed by atoms with Gasteiger partial charge in [0, 0.05) is 16.8 Å². The Hall–Kier alpha value is -7.48. The Morgan fingerprint density at radius 1 is 0.316 bits per heavy atom. The van der Waals surface area contributed by atoms with E-state index in [0.717, 1.165) is 32.5 Å². The van der Waals surface area contributed by atoms with Gasteiger partial charge in [-0.3, -0.25) is 0 Å². The zero-order valence-electron chi connectivity index (χ0n) is 45.3. The monoisotopic (exact) mass is 740 g/mol. The van der Waals surface area contributed by atoms with Crippen LogP contribution < -0.4 is 4.90 Å². The highest BCUT2D eigenvalue weighted by atomic mass is 15.1. The van der Waals surface area contributed by atoms with Gasteiger partial charge in [-0.2, -0.15) is 0 Å². The summed E-state index contributed by atoms with van der Waals surface area (Å²) in [5, 5.41) is 0.281. The molecule has 0 heterocycles. The SMILES string of the molecule is [2H]c1c([2H])c(N(c2c([2H])c([2H])c(-c3c(-c4ccccc4)ccc4ccccc34)c([2H])c2[2H])c2c([2H])c([2H])c([2H])c3c([2H])c([2H])c([2H])c([2H])c23)c([2H])c([2H])c1-c1ccc(-c2ccccc2)c(-c2ccccc2)c1. The maximum atomic E-state index is 9.86. The Morgan fingerprint density at radius 2 is 0.860 bits per heavy atom. The van der Waals surface area contributed by atoms with Crippen LogP contribution in [0.3, 0.4) is 0 Å². The minimum Gasteiger partial charge on any atom is -0.310 e. The molecule has 0 aliphatic heterocycles. The number of fused-ring (bicyclic) bond motifs is 2. The highest BCUT2D eigenvalue weighted by molar-refractivity contribution is 6.05. The lowest BCUT2D eigenvalue weighted by molar-refractivity contribution is 1.30. The molecule has 0 aliphatic carbocycles. The number of nitrogens with zero attached hydrogens (tertiary/aromatic N) is 1. The summed E-state index contributed by atoms with van der Waals surface area (Å²) < 4.78 is 141. The van der Waals surface area contributed by atoms with E-state index in [1.807, 2.05) is 121 Å². The van der Waals surface area contributed by atoms with Crippen LogP contribution in [-0.4, -0.2) is 0 Å². The van der Waals surface area contributed by atoms with Gasteiger partial charge in [-0.25, -0.2) is 0 Å². The molecule has 0 bridgehead atoms. The van der Waals surface area contributed by atoms with Crippen molar-refractivity contribution in [1.29, 1.82) is 0 Å². The molecule has 0 spiro atoms. The van der Waals surface area contributed by atoms with E-state index in [-0.39, 0.29) is 11.1 Å². The van der Waals surface area contributed by atoms with Crippen LogP contribution in [0.25, 0.3) is 77.2 Å². The fourth-order valence-electron chi connectivity index (χ4n) is 7.23. The minimum absolute atomic E-state index is 0.118. The Balaban J connectivity index is 1.31. The van der Waals surface area contributed by atoms with E-state index < -0.39 is 118 Å². The van der Waals surface area contributed by atoms with Gasteiger partial charge in [0.15, 0.2) is 0 Å². The Morgan fingerprint density at radius 3 is 1.54 bits per heavy atom. The maximum absolute atomic E-state index is 9.86. The van der Waals surface area contributed by atoms with E-state index in [2.05, 4.69) is 0 Å². The molecule has 10 aromatic rings. The van der Waals surface area contributed by atoms with E-state index >= 15 is 0 Å². The Kier molecular flexibility index (Phi) is 5.67. The van der Waals surface area contributed by atoms with Crippen LogP contribution in [0.5, 0.6) is 0 Å². The molecule has 57 heavy (non-hydrogen) atoms. The zero-order valence-corrected chi connectivity index (χ0v) is 30.3. The molecule has 0 saturated heterocycles. The van der Waals surface area contributed by atoms with Crippen molar-refractivity contribution in [2.45, 2.75) is 0 Å². The van der Waals surface area contributed by atoms with Crippen molar-refractivity contribution < 1.29 is 20.6 Å². The van der Waals surface area contributed by atoms with Gasteiger partial charge in [0.1, 0.15) is 0 Å². The second-order valence-electron chi connectivity index (χ2n) is 13.3. The molecule has 1 nitrogen and oxygen atoms in total. The second kappa shape index (κ2) is 15.0. The molecule has 0 radical (unpaired) electrons. The van der Waals surface area contributed by atoms with Crippen molar-refractivity contribution >= 4 is 38.6 Å². The third-order valence-electron chi connectivity index (χ3n) is 9.93. The van der Waals surface area contributed by atoms with Crippen LogP contribution in [0, 0.1) is 0 Å². The molecule has 1 heteroatoms. The van der Waals surface area contributed by atoms with Crippen LogP contribution >= 0.6 is 0 Å². The molecule has 0 amide bonds. The maximum Gasteiger partial charge on any atom is 0.0645 e. The zero-order chi connectivity index (χ0) is 51.0. The van der Waals surface area contributed by atoms with Crippen molar-refractivity contribution in [1.82, 2.24) is 0 Å². The predicted octanol–water partition coefficient (Wildman–Crippen LogP) is 15.8. The summed E-state index contributed by atoms with van der Waals surface area (Å²) in [7, 11) is 0. The lowest BCUT2D eigenvalue weighted by atomic mass is 9.89. The lowest BCUT2D eigenvalue weighted by Crippen LogP contribution is -2.10. The predicted molar refractivity (Wildman–Crippen MR) is 243 cm³/mol.